The van der Waals surface area contributed by atoms with E-state index in [1.807, 2.05) is 16.6 Å². The number of nitrogens with zero attached hydrogens (tertiary/aromatic N) is 5. The van der Waals surface area contributed by atoms with Gasteiger partial charge in [-0.05, 0) is 56.4 Å². The van der Waals surface area contributed by atoms with Gasteiger partial charge in [0.1, 0.15) is 5.82 Å². The molecule has 3 aliphatic carbocycles. The predicted octanol–water partition coefficient (Wildman–Crippen LogP) is 3.08. The van der Waals surface area contributed by atoms with Gasteiger partial charge in [-0.2, -0.15) is 4.31 Å². The van der Waals surface area contributed by atoms with Gasteiger partial charge >= 0.3 is 0 Å². The molecule has 3 aromatic heterocycles. The van der Waals surface area contributed by atoms with Crippen LogP contribution in [0.2, 0.25) is 0 Å². The molecule has 0 aliphatic heterocycles. The van der Waals surface area contributed by atoms with Crippen molar-refractivity contribution in [2.45, 2.75) is 69.1 Å². The molecule has 1 N–H and O–H groups in total. The van der Waals surface area contributed by atoms with Crippen molar-refractivity contribution in [3.63, 3.8) is 0 Å². The molecule has 6 rings (SSSR count). The Morgan fingerprint density at radius 1 is 1.20 bits per heavy atom. The summed E-state index contributed by atoms with van der Waals surface area (Å²) in [6.45, 7) is 2.91. The van der Waals surface area contributed by atoms with Gasteiger partial charge in [0.15, 0.2) is 11.3 Å². The molecule has 0 radical (unpaired) electrons. The SMILES string of the molecule is CC[C@@H]1C[C@H](N(CC2CC2)S(=O)(=O)C2CC2)C[C@@H]1c1nnc2cnc3[nH]ccc3n12. The highest BCUT2D eigenvalue weighted by Gasteiger charge is 2.48. The van der Waals surface area contributed by atoms with Crippen molar-refractivity contribution in [2.24, 2.45) is 11.8 Å². The molecule has 0 aromatic carbocycles. The van der Waals surface area contributed by atoms with Crippen LogP contribution in [0.1, 0.15) is 63.6 Å². The van der Waals surface area contributed by atoms with Crippen LogP contribution < -0.4 is 0 Å². The number of rotatable bonds is 7. The maximum absolute atomic E-state index is 13.3. The Balaban J connectivity index is 1.37. The molecule has 30 heavy (non-hydrogen) atoms. The number of nitrogens with one attached hydrogen (secondary N) is 1. The molecule has 0 bridgehead atoms. The van der Waals surface area contributed by atoms with E-state index in [4.69, 9.17) is 0 Å². The zero-order valence-electron chi connectivity index (χ0n) is 17.2. The van der Waals surface area contributed by atoms with Gasteiger partial charge in [-0.3, -0.25) is 4.40 Å². The second-order valence-electron chi connectivity index (χ2n) is 9.38. The normalized spacial score (nSPS) is 27.6. The lowest BCUT2D eigenvalue weighted by Crippen LogP contribution is -2.42. The maximum Gasteiger partial charge on any atom is 0.217 e. The number of hydrogen-bond donors (Lipinski definition) is 1. The highest BCUT2D eigenvalue weighted by molar-refractivity contribution is 7.90. The number of hydrogen-bond acceptors (Lipinski definition) is 5. The molecule has 0 unspecified atom stereocenters. The first-order valence-electron chi connectivity index (χ1n) is 11.2. The number of sulfonamides is 1. The Labute approximate surface area is 176 Å². The Kier molecular flexibility index (Phi) is 4.22. The molecule has 0 spiro atoms. The summed E-state index contributed by atoms with van der Waals surface area (Å²) >= 11 is 0. The van der Waals surface area contributed by atoms with Gasteiger partial charge in [-0.25, -0.2) is 13.4 Å². The Hall–Kier alpha value is -2.00. The van der Waals surface area contributed by atoms with Crippen molar-refractivity contribution < 1.29 is 8.42 Å². The number of fused-ring (bicyclic) bond motifs is 3. The third-order valence-corrected chi connectivity index (χ3v) is 9.72. The van der Waals surface area contributed by atoms with Crippen LogP contribution in [-0.2, 0) is 10.0 Å². The monoisotopic (exact) mass is 428 g/mol. The Bertz CT molecular complexity index is 1190. The van der Waals surface area contributed by atoms with Gasteiger partial charge in [0.25, 0.3) is 0 Å². The number of aromatic nitrogens is 5. The summed E-state index contributed by atoms with van der Waals surface area (Å²) < 4.78 is 30.5. The summed E-state index contributed by atoms with van der Waals surface area (Å²) in [6.07, 6.45) is 10.4. The molecule has 8 nitrogen and oxygen atoms in total. The molecule has 3 aromatic rings. The molecule has 3 saturated carbocycles. The second-order valence-corrected chi connectivity index (χ2v) is 11.5. The zero-order valence-corrected chi connectivity index (χ0v) is 18.1. The third kappa shape index (κ3) is 2.97. The van der Waals surface area contributed by atoms with Crippen LogP contribution in [0.5, 0.6) is 0 Å². The minimum absolute atomic E-state index is 0.0713. The second kappa shape index (κ2) is 6.75. The fraction of sp³-hybridized carbons (Fsp3) is 0.667. The van der Waals surface area contributed by atoms with E-state index in [9.17, 15) is 8.42 Å². The molecule has 3 heterocycles. The largest absolute Gasteiger partial charge is 0.345 e. The molecule has 0 amide bonds. The highest BCUT2D eigenvalue weighted by Crippen LogP contribution is 2.46. The summed E-state index contributed by atoms with van der Waals surface area (Å²) in [7, 11) is -3.18. The average Bonchev–Trinajstić information content (AvgIpc) is 3.62. The van der Waals surface area contributed by atoms with Crippen molar-refractivity contribution in [3.8, 4) is 0 Å². The van der Waals surface area contributed by atoms with E-state index in [0.29, 0.717) is 18.4 Å². The zero-order chi connectivity index (χ0) is 20.5. The van der Waals surface area contributed by atoms with Gasteiger partial charge in [0.05, 0.1) is 17.0 Å². The first-order valence-corrected chi connectivity index (χ1v) is 12.7. The van der Waals surface area contributed by atoms with E-state index in [1.54, 1.807) is 6.20 Å². The van der Waals surface area contributed by atoms with Crippen molar-refractivity contribution in [1.29, 1.82) is 0 Å². The van der Waals surface area contributed by atoms with Crippen molar-refractivity contribution >= 4 is 26.8 Å². The first-order chi connectivity index (χ1) is 14.6. The Morgan fingerprint density at radius 2 is 2.03 bits per heavy atom. The summed E-state index contributed by atoms with van der Waals surface area (Å²) in [5.74, 6) is 2.10. The van der Waals surface area contributed by atoms with Crippen molar-refractivity contribution in [1.82, 2.24) is 28.9 Å². The fourth-order valence-corrected chi connectivity index (χ4v) is 7.43. The summed E-state index contributed by atoms with van der Waals surface area (Å²) in [6, 6.07) is 2.08. The maximum atomic E-state index is 13.3. The van der Waals surface area contributed by atoms with E-state index in [-0.39, 0.29) is 17.2 Å². The molecule has 3 aliphatic rings. The molecule has 9 heteroatoms. The molecule has 3 fully saturated rings. The van der Waals surface area contributed by atoms with Crippen LogP contribution in [-0.4, -0.2) is 55.1 Å². The number of H-pyrrole nitrogens is 1. The summed E-state index contributed by atoms with van der Waals surface area (Å²) in [5, 5.41) is 8.81. The van der Waals surface area contributed by atoms with Gasteiger partial charge in [0, 0.05) is 24.7 Å². The van der Waals surface area contributed by atoms with E-state index in [1.165, 1.54) is 0 Å². The summed E-state index contributed by atoms with van der Waals surface area (Å²) in [5.41, 5.74) is 2.54. The van der Waals surface area contributed by atoms with Crippen LogP contribution >= 0.6 is 0 Å². The lowest BCUT2D eigenvalue weighted by molar-refractivity contribution is 0.303. The molecular formula is C21H28N6O2S. The van der Waals surface area contributed by atoms with Gasteiger partial charge in [-0.1, -0.05) is 13.3 Å². The van der Waals surface area contributed by atoms with Crippen LogP contribution in [0.25, 0.3) is 16.8 Å². The fourth-order valence-electron chi connectivity index (χ4n) is 5.31. The van der Waals surface area contributed by atoms with Crippen molar-refractivity contribution in [3.05, 3.63) is 24.3 Å². The average molecular weight is 429 g/mol. The van der Waals surface area contributed by atoms with Crippen molar-refractivity contribution in [2.75, 3.05) is 6.54 Å². The third-order valence-electron chi connectivity index (χ3n) is 7.31. The Morgan fingerprint density at radius 3 is 2.77 bits per heavy atom. The standard InChI is InChI=1S/C21H28N6O2S/c1-2-14-9-15(26(12-13-3-4-13)30(28,29)16-5-6-16)10-17(14)21-25-24-19-11-23-20-18(27(19)21)7-8-22-20/h7-8,11,13-17,22H,2-6,9-10,12H2,1H3/t14-,15+,17+/m1/s1. The summed E-state index contributed by atoms with van der Waals surface area (Å²) in [4.78, 5) is 7.59. The van der Waals surface area contributed by atoms with Crippen LogP contribution in [0, 0.1) is 11.8 Å². The lowest BCUT2D eigenvalue weighted by Gasteiger charge is -2.28. The number of aromatic amines is 1. The molecule has 160 valence electrons. The minimum atomic E-state index is -3.18. The molecule has 0 saturated heterocycles. The highest BCUT2D eigenvalue weighted by atomic mass is 32.2. The topological polar surface area (TPSA) is 96.2 Å². The van der Waals surface area contributed by atoms with Gasteiger partial charge < -0.3 is 4.98 Å². The van der Waals surface area contributed by atoms with E-state index in [2.05, 4.69) is 31.5 Å². The first kappa shape index (κ1) is 18.7. The van der Waals surface area contributed by atoms with Gasteiger partial charge in [0.2, 0.25) is 10.0 Å². The van der Waals surface area contributed by atoms with E-state index >= 15 is 0 Å². The minimum Gasteiger partial charge on any atom is -0.345 e. The molecule has 3 atom stereocenters. The lowest BCUT2D eigenvalue weighted by atomic mass is 9.93. The van der Waals surface area contributed by atoms with Crippen LogP contribution in [0.4, 0.5) is 0 Å². The predicted molar refractivity (Wildman–Crippen MR) is 114 cm³/mol. The van der Waals surface area contributed by atoms with E-state index < -0.39 is 10.0 Å². The van der Waals surface area contributed by atoms with Crippen LogP contribution in [0.15, 0.2) is 18.5 Å². The van der Waals surface area contributed by atoms with Crippen LogP contribution in [0.3, 0.4) is 0 Å². The quantitative estimate of drug-likeness (QED) is 0.624. The molecular weight excluding hydrogens is 400 g/mol. The van der Waals surface area contributed by atoms with E-state index in [0.717, 1.165) is 67.6 Å². The van der Waals surface area contributed by atoms with Gasteiger partial charge in [-0.15, -0.1) is 10.2 Å². The smallest absolute Gasteiger partial charge is 0.217 e.